The third-order valence-electron chi connectivity index (χ3n) is 6.16. The number of aromatic nitrogens is 3. The molecule has 0 bridgehead atoms. The zero-order valence-electron chi connectivity index (χ0n) is 19.4. The second-order valence-electron chi connectivity index (χ2n) is 8.75. The van der Waals surface area contributed by atoms with Crippen LogP contribution in [0, 0.1) is 20.8 Å². The van der Waals surface area contributed by atoms with Gasteiger partial charge in [0.25, 0.3) is 0 Å². The quantitative estimate of drug-likeness (QED) is 0.354. The van der Waals surface area contributed by atoms with Gasteiger partial charge in [-0.25, -0.2) is 9.97 Å². The largest absolute Gasteiger partial charge is 0.361 e. The van der Waals surface area contributed by atoms with Crippen LogP contribution in [0.15, 0.2) is 47.1 Å². The van der Waals surface area contributed by atoms with Crippen LogP contribution in [0.2, 0.25) is 0 Å². The molecule has 3 aromatic heterocycles. The van der Waals surface area contributed by atoms with Crippen molar-refractivity contribution < 1.29 is 4.52 Å². The van der Waals surface area contributed by atoms with Gasteiger partial charge in [0, 0.05) is 23.3 Å². The fourth-order valence-electron chi connectivity index (χ4n) is 4.38. The van der Waals surface area contributed by atoms with E-state index in [1.165, 1.54) is 37.9 Å². The van der Waals surface area contributed by atoms with E-state index in [2.05, 4.69) is 56.8 Å². The molecule has 0 unspecified atom stereocenters. The molecule has 0 saturated carbocycles. The Balaban J connectivity index is 1.32. The summed E-state index contributed by atoms with van der Waals surface area (Å²) < 4.78 is 5.34. The minimum atomic E-state index is 0.603. The molecule has 1 N–H and O–H groups in total. The first kappa shape index (κ1) is 21.8. The number of likely N-dealkylation sites (tertiary alicyclic amines) is 1. The van der Waals surface area contributed by atoms with Crippen LogP contribution in [0.3, 0.4) is 0 Å². The summed E-state index contributed by atoms with van der Waals surface area (Å²) in [5.41, 5.74) is 6.31. The Kier molecular flexibility index (Phi) is 6.24. The molecule has 4 aromatic rings. The molecule has 33 heavy (non-hydrogen) atoms. The molecule has 1 aliphatic heterocycles. The number of hydrogen-bond donors (Lipinski definition) is 1. The predicted molar refractivity (Wildman–Crippen MR) is 134 cm³/mol. The lowest BCUT2D eigenvalue weighted by Gasteiger charge is -2.26. The van der Waals surface area contributed by atoms with Gasteiger partial charge in [0.15, 0.2) is 0 Å². The molecule has 1 aromatic carbocycles. The number of nitrogens with one attached hydrogen (secondary N) is 1. The highest BCUT2D eigenvalue weighted by molar-refractivity contribution is 7.18. The Morgan fingerprint density at radius 3 is 2.45 bits per heavy atom. The summed E-state index contributed by atoms with van der Waals surface area (Å²) in [6.45, 7) is 9.41. The molecule has 1 fully saturated rings. The molecule has 0 aliphatic carbocycles. The summed E-state index contributed by atoms with van der Waals surface area (Å²) >= 11 is 1.70. The lowest BCUT2D eigenvalue weighted by atomic mass is 10.1. The van der Waals surface area contributed by atoms with Crippen LogP contribution in [0.5, 0.6) is 0 Å². The van der Waals surface area contributed by atoms with Gasteiger partial charge in [0.05, 0.1) is 21.8 Å². The van der Waals surface area contributed by atoms with Gasteiger partial charge in [-0.05, 0) is 82.1 Å². The van der Waals surface area contributed by atoms with Crippen molar-refractivity contribution in [3.63, 3.8) is 0 Å². The molecular weight excluding hydrogens is 430 g/mol. The zero-order chi connectivity index (χ0) is 22.8. The van der Waals surface area contributed by atoms with Crippen molar-refractivity contribution in [2.24, 2.45) is 0 Å². The van der Waals surface area contributed by atoms with Crippen molar-refractivity contribution >= 4 is 23.0 Å². The normalized spacial score (nSPS) is 14.5. The highest BCUT2D eigenvalue weighted by atomic mass is 32.1. The maximum absolute atomic E-state index is 5.34. The number of nitrogens with zero attached hydrogens (tertiary/aromatic N) is 4. The topological polar surface area (TPSA) is 67.1 Å². The summed E-state index contributed by atoms with van der Waals surface area (Å²) in [5, 5.41) is 7.45. The lowest BCUT2D eigenvalue weighted by Crippen LogP contribution is -2.29. The highest BCUT2D eigenvalue weighted by Gasteiger charge is 2.16. The average Bonchev–Trinajstić information content (AvgIpc) is 3.43. The molecule has 6 nitrogen and oxygen atoms in total. The van der Waals surface area contributed by atoms with E-state index >= 15 is 0 Å². The Morgan fingerprint density at radius 1 is 0.970 bits per heavy atom. The minimum Gasteiger partial charge on any atom is -0.361 e. The third kappa shape index (κ3) is 4.84. The second-order valence-corrected chi connectivity index (χ2v) is 9.83. The van der Waals surface area contributed by atoms with E-state index in [4.69, 9.17) is 9.51 Å². The smallest absolute Gasteiger partial charge is 0.227 e. The molecule has 0 radical (unpaired) electrons. The Hall–Kier alpha value is -3.03. The van der Waals surface area contributed by atoms with Gasteiger partial charge in [-0.2, -0.15) is 0 Å². The molecule has 0 amide bonds. The Bertz CT molecular complexity index is 1220. The number of hydrogen-bond acceptors (Lipinski definition) is 7. The maximum Gasteiger partial charge on any atom is 0.227 e. The summed E-state index contributed by atoms with van der Waals surface area (Å²) in [7, 11) is 0. The van der Waals surface area contributed by atoms with E-state index in [1.807, 2.05) is 27.0 Å². The molecule has 7 heteroatoms. The maximum atomic E-state index is 5.34. The number of thiophene rings is 1. The first-order valence-electron chi connectivity index (χ1n) is 11.5. The predicted octanol–water partition coefficient (Wildman–Crippen LogP) is 6.51. The Labute approximate surface area is 198 Å². The number of benzene rings is 1. The van der Waals surface area contributed by atoms with Crippen molar-refractivity contribution in [3.8, 4) is 21.0 Å². The van der Waals surface area contributed by atoms with E-state index in [0.29, 0.717) is 5.95 Å². The summed E-state index contributed by atoms with van der Waals surface area (Å²) in [6, 6.07) is 12.8. The van der Waals surface area contributed by atoms with E-state index in [1.54, 1.807) is 11.3 Å². The van der Waals surface area contributed by atoms with E-state index in [-0.39, 0.29) is 0 Å². The van der Waals surface area contributed by atoms with Crippen LogP contribution in [-0.4, -0.2) is 33.1 Å². The molecule has 5 rings (SSSR count). The van der Waals surface area contributed by atoms with Gasteiger partial charge in [-0.15, -0.1) is 11.3 Å². The number of rotatable bonds is 6. The van der Waals surface area contributed by atoms with Gasteiger partial charge in [-0.3, -0.25) is 4.90 Å². The van der Waals surface area contributed by atoms with Gasteiger partial charge in [0.2, 0.25) is 5.95 Å². The first-order chi connectivity index (χ1) is 16.1. The second kappa shape index (κ2) is 9.45. The monoisotopic (exact) mass is 459 g/mol. The fraction of sp³-hybridized carbons (Fsp3) is 0.346. The van der Waals surface area contributed by atoms with Crippen LogP contribution in [0.4, 0.5) is 11.6 Å². The van der Waals surface area contributed by atoms with Crippen molar-refractivity contribution in [1.29, 1.82) is 0 Å². The highest BCUT2D eigenvalue weighted by Crippen LogP contribution is 2.38. The van der Waals surface area contributed by atoms with Crippen molar-refractivity contribution in [2.45, 2.75) is 46.6 Å². The molecule has 1 saturated heterocycles. The molecule has 0 spiro atoms. The zero-order valence-corrected chi connectivity index (χ0v) is 20.2. The van der Waals surface area contributed by atoms with Gasteiger partial charge < -0.3 is 9.84 Å². The molecule has 170 valence electrons. The lowest BCUT2D eigenvalue weighted by molar-refractivity contribution is 0.221. The van der Waals surface area contributed by atoms with Crippen LogP contribution in [0.1, 0.15) is 41.8 Å². The summed E-state index contributed by atoms with van der Waals surface area (Å²) in [5.74, 6) is 1.44. The van der Waals surface area contributed by atoms with Gasteiger partial charge in [0.1, 0.15) is 5.76 Å². The number of aryl methyl sites for hydroxylation is 3. The molecule has 1 aliphatic rings. The molecule has 4 heterocycles. The van der Waals surface area contributed by atoms with Gasteiger partial charge >= 0.3 is 0 Å². The standard InChI is InChI=1S/C26H29N5OS/c1-17-15-27-26(28-21-9-7-20(8-10-21)16-31-13-5-4-6-14-31)29-25(17)23-12-11-22(33-23)24-18(2)30-32-19(24)3/h7-12,15H,4-6,13-14,16H2,1-3H3,(H,27,28,29). The van der Waals surface area contributed by atoms with Gasteiger partial charge in [-0.1, -0.05) is 23.7 Å². The first-order valence-corrected chi connectivity index (χ1v) is 12.3. The minimum absolute atomic E-state index is 0.603. The van der Waals surface area contributed by atoms with E-state index < -0.39 is 0 Å². The van der Waals surface area contributed by atoms with Crippen LogP contribution >= 0.6 is 11.3 Å². The average molecular weight is 460 g/mol. The molecule has 0 atom stereocenters. The fourth-order valence-corrected chi connectivity index (χ4v) is 5.59. The summed E-state index contributed by atoms with van der Waals surface area (Å²) in [6.07, 6.45) is 5.88. The van der Waals surface area contributed by atoms with Crippen molar-refractivity contribution in [2.75, 3.05) is 18.4 Å². The van der Waals surface area contributed by atoms with Crippen molar-refractivity contribution in [3.05, 3.63) is 65.2 Å². The van der Waals surface area contributed by atoms with Crippen LogP contribution in [-0.2, 0) is 6.54 Å². The van der Waals surface area contributed by atoms with Crippen LogP contribution in [0.25, 0.3) is 21.0 Å². The van der Waals surface area contributed by atoms with E-state index in [9.17, 15) is 0 Å². The SMILES string of the molecule is Cc1cnc(Nc2ccc(CN3CCCCC3)cc2)nc1-c1ccc(-c2c(C)noc2C)s1. The molecular formula is C26H29N5OS. The van der Waals surface area contributed by atoms with E-state index in [0.717, 1.165) is 50.3 Å². The number of anilines is 2. The van der Waals surface area contributed by atoms with Crippen LogP contribution < -0.4 is 5.32 Å². The summed E-state index contributed by atoms with van der Waals surface area (Å²) in [4.78, 5) is 14.1. The number of piperidine rings is 1. The van der Waals surface area contributed by atoms with Crippen molar-refractivity contribution in [1.82, 2.24) is 20.0 Å². The third-order valence-corrected chi connectivity index (χ3v) is 7.27. The Morgan fingerprint density at radius 2 is 1.73 bits per heavy atom.